The standard InChI is InChI=1S/C28H29FN4O5S/c1-17-15-37-11-9-31(17)14-18-5-7-19(8-6-18)33-26-20-3-2-4-22(29)27(20)39(35,36)16-21(26)25(30-33)28(34)32-10-12-38-24-13-23(24)32/h2-8,17,23-24H,9-16H2,1H3/t17-,23?,24?/m0/s1. The van der Waals surface area contributed by atoms with Crippen molar-refractivity contribution in [1.82, 2.24) is 19.6 Å². The predicted octanol–water partition coefficient (Wildman–Crippen LogP) is 2.80. The molecule has 3 atom stereocenters. The number of morpholine rings is 2. The van der Waals surface area contributed by atoms with Crippen LogP contribution in [0.15, 0.2) is 47.4 Å². The molecule has 4 aliphatic rings. The lowest BCUT2D eigenvalue weighted by Gasteiger charge is -2.33. The Balaban J connectivity index is 1.32. The average Bonchev–Trinajstić information content (AvgIpc) is 3.63. The largest absolute Gasteiger partial charge is 0.379 e. The molecule has 3 fully saturated rings. The first-order valence-corrected chi connectivity index (χ1v) is 14.9. The van der Waals surface area contributed by atoms with Gasteiger partial charge in [-0.15, -0.1) is 0 Å². The van der Waals surface area contributed by atoms with Crippen LogP contribution in [0.5, 0.6) is 0 Å². The topological polar surface area (TPSA) is 94.0 Å². The first-order valence-electron chi connectivity index (χ1n) is 13.3. The number of aromatic nitrogens is 2. The van der Waals surface area contributed by atoms with Gasteiger partial charge in [-0.2, -0.15) is 5.10 Å². The number of rotatable bonds is 4. The number of halogens is 1. The van der Waals surface area contributed by atoms with Crippen LogP contribution < -0.4 is 0 Å². The van der Waals surface area contributed by atoms with Gasteiger partial charge in [-0.25, -0.2) is 17.5 Å². The summed E-state index contributed by atoms with van der Waals surface area (Å²) in [5, 5.41) is 4.71. The Labute approximate surface area is 226 Å². The molecule has 1 aromatic heterocycles. The van der Waals surface area contributed by atoms with Crippen LogP contribution in [0, 0.1) is 5.82 Å². The number of hydrogen-bond acceptors (Lipinski definition) is 7. The third-order valence-electron chi connectivity index (χ3n) is 8.15. The van der Waals surface area contributed by atoms with Crippen molar-refractivity contribution in [3.63, 3.8) is 0 Å². The molecular formula is C28H29FN4O5S. The number of ether oxygens (including phenoxy) is 2. The lowest BCUT2D eigenvalue weighted by Crippen LogP contribution is -2.42. The maximum atomic E-state index is 14.9. The van der Waals surface area contributed by atoms with Crippen molar-refractivity contribution in [2.45, 2.75) is 48.7 Å². The smallest absolute Gasteiger partial charge is 0.275 e. The summed E-state index contributed by atoms with van der Waals surface area (Å²) in [4.78, 5) is 17.5. The van der Waals surface area contributed by atoms with E-state index in [4.69, 9.17) is 14.6 Å². The summed E-state index contributed by atoms with van der Waals surface area (Å²) in [7, 11) is -4.01. The van der Waals surface area contributed by atoms with Crippen LogP contribution in [0.3, 0.4) is 0 Å². The first-order chi connectivity index (χ1) is 18.8. The normalized spacial score (nSPS) is 25.5. The third kappa shape index (κ3) is 4.19. The first kappa shape index (κ1) is 24.9. The van der Waals surface area contributed by atoms with Gasteiger partial charge in [-0.05, 0) is 37.1 Å². The molecule has 204 valence electrons. The van der Waals surface area contributed by atoms with E-state index in [0.717, 1.165) is 31.1 Å². The van der Waals surface area contributed by atoms with Gasteiger partial charge in [0.05, 0.1) is 49.1 Å². The second kappa shape index (κ2) is 9.22. The molecule has 0 N–H and O–H groups in total. The number of carbonyl (C=O) groups excluding carboxylic acids is 1. The van der Waals surface area contributed by atoms with Crippen molar-refractivity contribution < 1.29 is 27.1 Å². The SMILES string of the molecule is C[C@H]1COCCN1Cc1ccc(-n2nc(C(=O)N3CCOC4CC43)c3c2-c2cccc(F)c2S(=O)(=O)C3)cc1. The highest BCUT2D eigenvalue weighted by atomic mass is 32.2. The molecule has 0 spiro atoms. The molecule has 0 radical (unpaired) electrons. The summed E-state index contributed by atoms with van der Waals surface area (Å²) >= 11 is 0. The number of amides is 1. The van der Waals surface area contributed by atoms with Crippen LogP contribution >= 0.6 is 0 Å². The highest BCUT2D eigenvalue weighted by molar-refractivity contribution is 7.91. The summed E-state index contributed by atoms with van der Waals surface area (Å²) in [5.74, 6) is -1.60. The van der Waals surface area contributed by atoms with E-state index in [1.54, 1.807) is 15.6 Å². The number of hydrogen-bond donors (Lipinski definition) is 0. The maximum absolute atomic E-state index is 14.9. The molecule has 7 rings (SSSR count). The van der Waals surface area contributed by atoms with Crippen molar-refractivity contribution in [2.75, 3.05) is 32.9 Å². The van der Waals surface area contributed by atoms with Gasteiger partial charge in [0, 0.05) is 36.8 Å². The lowest BCUT2D eigenvalue weighted by molar-refractivity contribution is -0.00436. The molecule has 2 saturated heterocycles. The molecular weight excluding hydrogens is 523 g/mol. The van der Waals surface area contributed by atoms with Gasteiger partial charge in [0.15, 0.2) is 15.5 Å². The van der Waals surface area contributed by atoms with E-state index in [0.29, 0.717) is 49.4 Å². The summed E-state index contributed by atoms with van der Waals surface area (Å²) in [6, 6.07) is 12.4. The van der Waals surface area contributed by atoms with Crippen molar-refractivity contribution in [3.8, 4) is 16.9 Å². The molecule has 2 unspecified atom stereocenters. The van der Waals surface area contributed by atoms with Crippen LogP contribution in [-0.2, 0) is 31.6 Å². The molecule has 1 aliphatic carbocycles. The van der Waals surface area contributed by atoms with E-state index in [9.17, 15) is 17.6 Å². The molecule has 9 nitrogen and oxygen atoms in total. The summed E-state index contributed by atoms with van der Waals surface area (Å²) in [6.07, 6.45) is 0.797. The molecule has 3 aromatic rings. The molecule has 39 heavy (non-hydrogen) atoms. The van der Waals surface area contributed by atoms with Crippen molar-refractivity contribution >= 4 is 15.7 Å². The van der Waals surface area contributed by atoms with E-state index in [1.165, 1.54) is 6.07 Å². The van der Waals surface area contributed by atoms with Gasteiger partial charge in [0.25, 0.3) is 5.91 Å². The molecule has 3 aliphatic heterocycles. The minimum Gasteiger partial charge on any atom is -0.379 e. The van der Waals surface area contributed by atoms with Crippen molar-refractivity contribution in [2.24, 2.45) is 0 Å². The molecule has 4 heterocycles. The zero-order valence-electron chi connectivity index (χ0n) is 21.5. The predicted molar refractivity (Wildman–Crippen MR) is 140 cm³/mol. The number of sulfone groups is 1. The van der Waals surface area contributed by atoms with Crippen LogP contribution in [0.2, 0.25) is 0 Å². The zero-order valence-corrected chi connectivity index (χ0v) is 22.4. The molecule has 0 bridgehead atoms. The highest BCUT2D eigenvalue weighted by Crippen LogP contribution is 2.43. The highest BCUT2D eigenvalue weighted by Gasteiger charge is 2.49. The number of nitrogens with zero attached hydrogens (tertiary/aromatic N) is 4. The fraction of sp³-hybridized carbons (Fsp3) is 0.429. The third-order valence-corrected chi connectivity index (χ3v) is 9.86. The van der Waals surface area contributed by atoms with Crippen LogP contribution in [0.4, 0.5) is 4.39 Å². The van der Waals surface area contributed by atoms with Gasteiger partial charge in [-0.1, -0.05) is 24.3 Å². The molecule has 1 saturated carbocycles. The summed E-state index contributed by atoms with van der Waals surface area (Å²) < 4.78 is 54.2. The monoisotopic (exact) mass is 552 g/mol. The summed E-state index contributed by atoms with van der Waals surface area (Å²) in [6.45, 7) is 6.06. The lowest BCUT2D eigenvalue weighted by atomic mass is 10.0. The number of fused-ring (bicyclic) bond motifs is 4. The van der Waals surface area contributed by atoms with Gasteiger partial charge < -0.3 is 14.4 Å². The van der Waals surface area contributed by atoms with E-state index in [2.05, 4.69) is 11.8 Å². The number of benzene rings is 2. The minimum absolute atomic E-state index is 0.0150. The van der Waals surface area contributed by atoms with E-state index in [1.807, 2.05) is 24.3 Å². The fourth-order valence-electron chi connectivity index (χ4n) is 5.99. The quantitative estimate of drug-likeness (QED) is 0.491. The van der Waals surface area contributed by atoms with E-state index < -0.39 is 21.4 Å². The van der Waals surface area contributed by atoms with Gasteiger partial charge in [-0.3, -0.25) is 9.69 Å². The van der Waals surface area contributed by atoms with E-state index in [-0.39, 0.29) is 34.2 Å². The second-order valence-electron chi connectivity index (χ2n) is 10.7. The minimum atomic E-state index is -4.01. The Bertz CT molecular complexity index is 1570. The van der Waals surface area contributed by atoms with E-state index >= 15 is 0 Å². The van der Waals surface area contributed by atoms with Crippen LogP contribution in [-0.4, -0.2) is 85.0 Å². The summed E-state index contributed by atoms with van der Waals surface area (Å²) in [5.41, 5.74) is 2.87. The maximum Gasteiger partial charge on any atom is 0.275 e. The van der Waals surface area contributed by atoms with Crippen LogP contribution in [0.1, 0.15) is 35.0 Å². The Morgan fingerprint density at radius 3 is 2.74 bits per heavy atom. The average molecular weight is 553 g/mol. The second-order valence-corrected chi connectivity index (χ2v) is 12.7. The Hall–Kier alpha value is -3.12. The van der Waals surface area contributed by atoms with Crippen LogP contribution in [0.25, 0.3) is 16.9 Å². The van der Waals surface area contributed by atoms with Gasteiger partial charge >= 0.3 is 0 Å². The fourth-order valence-corrected chi connectivity index (χ4v) is 7.66. The zero-order chi connectivity index (χ0) is 26.9. The molecule has 2 aromatic carbocycles. The van der Waals surface area contributed by atoms with Crippen molar-refractivity contribution in [3.05, 3.63) is 65.1 Å². The Morgan fingerprint density at radius 1 is 1.13 bits per heavy atom. The van der Waals surface area contributed by atoms with Gasteiger partial charge in [0.1, 0.15) is 10.7 Å². The Morgan fingerprint density at radius 2 is 1.95 bits per heavy atom. The molecule has 1 amide bonds. The van der Waals surface area contributed by atoms with Crippen molar-refractivity contribution in [1.29, 1.82) is 0 Å². The Kier molecular flexibility index (Phi) is 5.89. The molecule has 11 heteroatoms. The van der Waals surface area contributed by atoms with Gasteiger partial charge in [0.2, 0.25) is 0 Å². The number of carbonyl (C=O) groups is 1.